The first kappa shape index (κ1) is 21.9. The van der Waals surface area contributed by atoms with Crippen LogP contribution in [-0.2, 0) is 5.41 Å². The summed E-state index contributed by atoms with van der Waals surface area (Å²) in [5.74, 6) is 0.458. The van der Waals surface area contributed by atoms with Gasteiger partial charge in [0.1, 0.15) is 11.5 Å². The predicted molar refractivity (Wildman–Crippen MR) is 192 cm³/mol. The highest BCUT2D eigenvalue weighted by atomic mass is 16.5. The molecule has 0 fully saturated rings. The summed E-state index contributed by atoms with van der Waals surface area (Å²) >= 11 is 0. The van der Waals surface area contributed by atoms with E-state index in [0.29, 0.717) is 5.56 Å². The quantitative estimate of drug-likeness (QED) is 0.192. The Morgan fingerprint density at radius 1 is 0.391 bits per heavy atom. The molecule has 46 heavy (non-hydrogen) atoms. The van der Waals surface area contributed by atoms with Gasteiger partial charge in [-0.15, -0.1) is 0 Å². The highest BCUT2D eigenvalue weighted by Gasteiger charge is 2.35. The van der Waals surface area contributed by atoms with Crippen LogP contribution in [0.5, 0.6) is 11.5 Å². The van der Waals surface area contributed by atoms with Gasteiger partial charge in [0.2, 0.25) is 0 Å². The summed E-state index contributed by atoms with van der Waals surface area (Å²) in [6.07, 6.45) is 0. The maximum Gasteiger partial charge on any atom is 0.139 e. The van der Waals surface area contributed by atoms with Crippen molar-refractivity contribution in [3.63, 3.8) is 0 Å². The molecule has 0 bridgehead atoms. The van der Waals surface area contributed by atoms with Crippen molar-refractivity contribution in [2.24, 2.45) is 0 Å². The van der Waals surface area contributed by atoms with Gasteiger partial charge in [-0.25, -0.2) is 0 Å². The second kappa shape index (κ2) is 11.4. The summed E-state index contributed by atoms with van der Waals surface area (Å²) in [5, 5.41) is 0. The van der Waals surface area contributed by atoms with Gasteiger partial charge < -0.3 is 4.74 Å². The van der Waals surface area contributed by atoms with Gasteiger partial charge in [-0.2, -0.15) is 0 Å². The molecular formula is C45H34O. The highest BCUT2D eigenvalue weighted by Crippen LogP contribution is 2.51. The van der Waals surface area contributed by atoms with Crippen LogP contribution in [0.2, 0.25) is 0 Å². The van der Waals surface area contributed by atoms with Crippen LogP contribution in [0.4, 0.5) is 0 Å². The van der Waals surface area contributed by atoms with E-state index in [-0.39, 0.29) is 22.6 Å². The molecule has 0 radical (unpaired) electrons. The average molecular weight is 597 g/mol. The van der Waals surface area contributed by atoms with Crippen LogP contribution in [0.1, 0.15) is 33.1 Å². The molecule has 1 heterocycles. The van der Waals surface area contributed by atoms with Gasteiger partial charge >= 0.3 is 0 Å². The second-order valence-corrected chi connectivity index (χ2v) is 11.7. The zero-order valence-electron chi connectivity index (χ0n) is 31.1. The molecule has 0 aliphatic carbocycles. The molecular weight excluding hydrogens is 556 g/mol. The SMILES string of the molecule is [2H]C([2H])([2H])C1(C([2H])([2H])[2H])c2ccccc2Oc2c(-c3cccc(-c4cc(-c5ccccc5)c(-c5ccccc5)cc4-c4ccccc4)c3)cccc21. The van der Waals surface area contributed by atoms with Gasteiger partial charge in [-0.1, -0.05) is 159 Å². The normalized spacial score (nSPS) is 15.4. The van der Waals surface area contributed by atoms with Crippen molar-refractivity contribution in [1.82, 2.24) is 0 Å². The second-order valence-electron chi connectivity index (χ2n) is 11.7. The first-order valence-electron chi connectivity index (χ1n) is 18.4. The van der Waals surface area contributed by atoms with E-state index in [2.05, 4.69) is 72.8 Å². The van der Waals surface area contributed by atoms with E-state index in [4.69, 9.17) is 13.0 Å². The lowest BCUT2D eigenvalue weighted by Gasteiger charge is -2.35. The van der Waals surface area contributed by atoms with Gasteiger partial charge in [0.05, 0.1) is 0 Å². The summed E-state index contributed by atoms with van der Waals surface area (Å²) in [7, 11) is 0. The third-order valence-electron chi connectivity index (χ3n) is 8.82. The number of ether oxygens (including phenoxy) is 1. The van der Waals surface area contributed by atoms with Gasteiger partial charge in [0, 0.05) is 30.3 Å². The molecule has 1 aliphatic heterocycles. The molecule has 1 heteroatoms. The smallest absolute Gasteiger partial charge is 0.139 e. The van der Waals surface area contributed by atoms with E-state index >= 15 is 0 Å². The van der Waals surface area contributed by atoms with Gasteiger partial charge in [-0.3, -0.25) is 0 Å². The molecule has 0 aromatic heterocycles. The fraction of sp³-hybridized carbons (Fsp3) is 0.0667. The van der Waals surface area contributed by atoms with Crippen LogP contribution in [0.25, 0.3) is 55.6 Å². The summed E-state index contributed by atoms with van der Waals surface area (Å²) in [6.45, 7) is -5.82. The Kier molecular flexibility index (Phi) is 5.42. The minimum Gasteiger partial charge on any atom is -0.456 e. The average Bonchev–Trinajstić information content (AvgIpc) is 3.16. The first-order valence-corrected chi connectivity index (χ1v) is 15.4. The Bertz CT molecular complexity index is 2380. The van der Waals surface area contributed by atoms with Crippen LogP contribution in [0.3, 0.4) is 0 Å². The molecule has 0 unspecified atom stereocenters. The van der Waals surface area contributed by atoms with Crippen molar-refractivity contribution in [2.45, 2.75) is 19.1 Å². The predicted octanol–water partition coefficient (Wildman–Crippen LogP) is 12.5. The molecule has 0 saturated carbocycles. The van der Waals surface area contributed by atoms with E-state index in [1.807, 2.05) is 60.7 Å². The first-order chi connectivity index (χ1) is 25.1. The zero-order valence-corrected chi connectivity index (χ0v) is 25.1. The molecule has 0 spiro atoms. The van der Waals surface area contributed by atoms with E-state index < -0.39 is 19.1 Å². The molecule has 8 rings (SSSR count). The van der Waals surface area contributed by atoms with Crippen molar-refractivity contribution < 1.29 is 13.0 Å². The van der Waals surface area contributed by atoms with Crippen LogP contribution < -0.4 is 4.74 Å². The van der Waals surface area contributed by atoms with Gasteiger partial charge in [0.25, 0.3) is 0 Å². The Labute approximate surface area is 279 Å². The van der Waals surface area contributed by atoms with Crippen LogP contribution in [-0.4, -0.2) is 0 Å². The molecule has 7 aromatic carbocycles. The van der Waals surface area contributed by atoms with E-state index in [1.54, 1.807) is 36.4 Å². The van der Waals surface area contributed by atoms with Gasteiger partial charge in [-0.05, 0) is 74.3 Å². The van der Waals surface area contributed by atoms with Crippen LogP contribution >= 0.6 is 0 Å². The minimum atomic E-state index is -2.91. The fourth-order valence-corrected chi connectivity index (χ4v) is 6.55. The number of hydrogen-bond acceptors (Lipinski definition) is 1. The molecule has 1 nitrogen and oxygen atoms in total. The molecule has 0 atom stereocenters. The van der Waals surface area contributed by atoms with Crippen molar-refractivity contribution in [2.75, 3.05) is 0 Å². The van der Waals surface area contributed by atoms with Crippen molar-refractivity contribution in [3.8, 4) is 67.1 Å². The molecule has 0 N–H and O–H groups in total. The number of benzene rings is 7. The standard InChI is InChI=1S/C45H34O/c1-45(2)41-25-12-13-27-43(41)46-44-36(24-15-26-42(44)45)34-22-14-23-35(28-34)40-30-38(32-18-8-4-9-19-32)37(31-16-6-3-7-17-31)29-39(40)33-20-10-5-11-21-33/h3-30H,1-2H3/i1D3,2D3. The molecule has 0 amide bonds. The van der Waals surface area contributed by atoms with E-state index in [9.17, 15) is 0 Å². The fourth-order valence-electron chi connectivity index (χ4n) is 6.55. The largest absolute Gasteiger partial charge is 0.456 e. The summed E-state index contributed by atoms with van der Waals surface area (Å²) < 4.78 is 58.7. The van der Waals surface area contributed by atoms with Crippen molar-refractivity contribution in [3.05, 3.63) is 181 Å². The van der Waals surface area contributed by atoms with E-state index in [0.717, 1.165) is 50.1 Å². The lowest BCUT2D eigenvalue weighted by molar-refractivity contribution is 0.419. The molecule has 220 valence electrons. The van der Waals surface area contributed by atoms with Crippen molar-refractivity contribution >= 4 is 0 Å². The number of fused-ring (bicyclic) bond motifs is 2. The monoisotopic (exact) mass is 596 g/mol. The molecule has 1 aliphatic rings. The third kappa shape index (κ3) is 4.82. The zero-order chi connectivity index (χ0) is 36.1. The molecule has 7 aromatic rings. The lowest BCUT2D eigenvalue weighted by Crippen LogP contribution is -2.24. The summed E-state index contributed by atoms with van der Waals surface area (Å²) in [5.41, 5.74) is 7.82. The Morgan fingerprint density at radius 3 is 1.39 bits per heavy atom. The highest BCUT2D eigenvalue weighted by molar-refractivity contribution is 5.96. The lowest BCUT2D eigenvalue weighted by atomic mass is 9.75. The topological polar surface area (TPSA) is 9.23 Å². The Balaban J connectivity index is 1.37. The van der Waals surface area contributed by atoms with Crippen molar-refractivity contribution in [1.29, 1.82) is 0 Å². The van der Waals surface area contributed by atoms with Crippen LogP contribution in [0, 0.1) is 0 Å². The number of rotatable bonds is 5. The number of hydrogen-bond donors (Lipinski definition) is 0. The summed E-state index contributed by atoms with van der Waals surface area (Å²) in [6, 6.07) is 55.4. The molecule has 0 saturated heterocycles. The third-order valence-corrected chi connectivity index (χ3v) is 8.82. The minimum absolute atomic E-state index is 0.123. The Morgan fingerprint density at radius 2 is 0.826 bits per heavy atom. The summed E-state index contributed by atoms with van der Waals surface area (Å²) in [4.78, 5) is 0. The Hall–Kier alpha value is -5.66. The van der Waals surface area contributed by atoms with E-state index in [1.165, 1.54) is 0 Å². The maximum absolute atomic E-state index is 8.71. The number of para-hydroxylation sites is 2. The van der Waals surface area contributed by atoms with Crippen LogP contribution in [0.15, 0.2) is 170 Å². The van der Waals surface area contributed by atoms with Gasteiger partial charge in [0.15, 0.2) is 0 Å². The maximum atomic E-state index is 8.71.